The molecule has 0 saturated heterocycles. The molecule has 1 aromatic carbocycles. The summed E-state index contributed by atoms with van der Waals surface area (Å²) < 4.78 is 13.1. The van der Waals surface area contributed by atoms with E-state index < -0.39 is 5.60 Å². The Kier molecular flexibility index (Phi) is 7.70. The van der Waals surface area contributed by atoms with Crippen molar-refractivity contribution in [2.45, 2.75) is 46.1 Å². The number of carbonyl (C=O) groups is 1. The summed E-state index contributed by atoms with van der Waals surface area (Å²) in [5.74, 6) is -0.190. The maximum Gasteiger partial charge on any atom is 0.306 e. The average Bonchev–Trinajstić information content (AvgIpc) is 3.36. The summed E-state index contributed by atoms with van der Waals surface area (Å²) in [5, 5.41) is 28.6. The van der Waals surface area contributed by atoms with E-state index in [0.29, 0.717) is 25.0 Å². The Morgan fingerprint density at radius 3 is 2.44 bits per heavy atom. The lowest BCUT2D eigenvalue weighted by Gasteiger charge is -2.20. The molecule has 0 fully saturated rings. The van der Waals surface area contributed by atoms with Gasteiger partial charge in [0, 0.05) is 29.3 Å². The zero-order valence-corrected chi connectivity index (χ0v) is 22.4. The minimum Gasteiger partial charge on any atom is -0.480 e. The number of aryl methyl sites for hydroxylation is 2. The number of aromatic nitrogens is 1. The SMILES string of the molecule is CCOC(=O)CCc1ccc(-c2c(C)c3ccccn3c2/C=C/C2=C(C#N)C(=C(C#N)C#N)OC2(C)C)cc1. The van der Waals surface area contributed by atoms with Crippen molar-refractivity contribution in [3.05, 3.63) is 94.0 Å². The van der Waals surface area contributed by atoms with Crippen LogP contribution in [0, 0.1) is 40.9 Å². The van der Waals surface area contributed by atoms with Crippen molar-refractivity contribution < 1.29 is 14.3 Å². The van der Waals surface area contributed by atoms with Gasteiger partial charge < -0.3 is 13.9 Å². The number of carbonyl (C=O) groups excluding carboxylic acids is 1. The lowest BCUT2D eigenvalue weighted by atomic mass is 9.93. The highest BCUT2D eigenvalue weighted by Crippen LogP contribution is 2.41. The molecule has 0 spiro atoms. The molecule has 0 unspecified atom stereocenters. The van der Waals surface area contributed by atoms with E-state index >= 15 is 0 Å². The molecule has 0 amide bonds. The van der Waals surface area contributed by atoms with Gasteiger partial charge in [-0.05, 0) is 69.0 Å². The summed E-state index contributed by atoms with van der Waals surface area (Å²) in [5.41, 5.74) is 5.81. The molecule has 3 aromatic rings. The topological polar surface area (TPSA) is 111 Å². The molecule has 194 valence electrons. The summed E-state index contributed by atoms with van der Waals surface area (Å²) in [4.78, 5) is 11.8. The van der Waals surface area contributed by atoms with Gasteiger partial charge in [-0.3, -0.25) is 4.79 Å². The zero-order valence-electron chi connectivity index (χ0n) is 22.4. The van der Waals surface area contributed by atoms with Crippen molar-refractivity contribution in [3.8, 4) is 29.3 Å². The lowest BCUT2D eigenvalue weighted by molar-refractivity contribution is -0.143. The predicted molar refractivity (Wildman–Crippen MR) is 148 cm³/mol. The average molecular weight is 517 g/mol. The molecule has 0 N–H and O–H groups in total. The van der Waals surface area contributed by atoms with Crippen LogP contribution in [0.5, 0.6) is 0 Å². The minimum absolute atomic E-state index is 0.0157. The number of nitrogens with zero attached hydrogens (tertiary/aromatic N) is 4. The first kappa shape index (κ1) is 27.0. The van der Waals surface area contributed by atoms with Crippen LogP contribution in [0.3, 0.4) is 0 Å². The van der Waals surface area contributed by atoms with Crippen LogP contribution in [0.4, 0.5) is 0 Å². The summed E-state index contributed by atoms with van der Waals surface area (Å²) in [6.45, 7) is 7.86. The largest absolute Gasteiger partial charge is 0.480 e. The Bertz CT molecular complexity index is 1650. The first-order chi connectivity index (χ1) is 18.7. The minimum atomic E-state index is -0.904. The molecule has 0 radical (unpaired) electrons. The van der Waals surface area contributed by atoms with Gasteiger partial charge in [-0.1, -0.05) is 36.4 Å². The summed E-state index contributed by atoms with van der Waals surface area (Å²) in [7, 11) is 0. The maximum absolute atomic E-state index is 11.8. The van der Waals surface area contributed by atoms with E-state index in [0.717, 1.165) is 33.5 Å². The molecule has 2 aromatic heterocycles. The highest BCUT2D eigenvalue weighted by Gasteiger charge is 2.38. The van der Waals surface area contributed by atoms with Crippen LogP contribution in [0.25, 0.3) is 22.7 Å². The first-order valence-corrected chi connectivity index (χ1v) is 12.7. The number of allylic oxidation sites excluding steroid dienone is 2. The number of esters is 1. The lowest BCUT2D eigenvalue weighted by Crippen LogP contribution is -2.20. The van der Waals surface area contributed by atoms with Gasteiger partial charge in [0.1, 0.15) is 29.4 Å². The van der Waals surface area contributed by atoms with E-state index in [1.807, 2.05) is 54.8 Å². The number of hydrogen-bond acceptors (Lipinski definition) is 6. The smallest absolute Gasteiger partial charge is 0.306 e. The standard InChI is InChI=1S/C32H28N4O3/c1-5-38-29(37)16-11-22-9-12-23(13-10-22)30-21(2)27-8-6-7-17-36(27)28(30)15-14-26-25(20-35)31(24(18-33)19-34)39-32(26,3)4/h6-10,12-15,17H,5,11,16H2,1-4H3/b15-14+. The van der Waals surface area contributed by atoms with Gasteiger partial charge >= 0.3 is 5.97 Å². The Morgan fingerprint density at radius 1 is 1.08 bits per heavy atom. The van der Waals surface area contributed by atoms with Crippen molar-refractivity contribution >= 4 is 17.6 Å². The normalized spacial score (nSPS) is 14.1. The predicted octanol–water partition coefficient (Wildman–Crippen LogP) is 6.35. The first-order valence-electron chi connectivity index (χ1n) is 12.7. The van der Waals surface area contributed by atoms with E-state index in [1.165, 1.54) is 0 Å². The quantitative estimate of drug-likeness (QED) is 0.267. The second-order valence-corrected chi connectivity index (χ2v) is 9.62. The summed E-state index contributed by atoms with van der Waals surface area (Å²) in [6.07, 6.45) is 6.71. The fraction of sp³-hybridized carbons (Fsp3) is 0.250. The third-order valence-corrected chi connectivity index (χ3v) is 6.77. The number of pyridine rings is 1. The number of hydrogen-bond donors (Lipinski definition) is 0. The molecule has 7 heteroatoms. The number of benzene rings is 1. The summed E-state index contributed by atoms with van der Waals surface area (Å²) >= 11 is 0. The fourth-order valence-corrected chi connectivity index (χ4v) is 4.89. The molecule has 4 rings (SSSR count). The van der Waals surface area contributed by atoms with Crippen LogP contribution in [-0.2, 0) is 20.7 Å². The molecular formula is C32H28N4O3. The van der Waals surface area contributed by atoms with Gasteiger partial charge in [-0.15, -0.1) is 0 Å². The highest BCUT2D eigenvalue weighted by molar-refractivity contribution is 5.85. The third-order valence-electron chi connectivity index (χ3n) is 6.77. The Morgan fingerprint density at radius 2 is 1.79 bits per heavy atom. The van der Waals surface area contributed by atoms with E-state index in [2.05, 4.69) is 35.6 Å². The molecule has 0 bridgehead atoms. The van der Waals surface area contributed by atoms with Crippen LogP contribution in [0.15, 0.2) is 77.2 Å². The zero-order chi connectivity index (χ0) is 28.2. The maximum atomic E-state index is 11.8. The van der Waals surface area contributed by atoms with E-state index in [-0.39, 0.29) is 22.9 Å². The van der Waals surface area contributed by atoms with E-state index in [9.17, 15) is 20.6 Å². The van der Waals surface area contributed by atoms with Gasteiger partial charge in [-0.2, -0.15) is 15.8 Å². The molecule has 0 atom stereocenters. The highest BCUT2D eigenvalue weighted by atomic mass is 16.5. The molecule has 7 nitrogen and oxygen atoms in total. The van der Waals surface area contributed by atoms with Gasteiger partial charge in [0.15, 0.2) is 11.3 Å². The van der Waals surface area contributed by atoms with Crippen LogP contribution in [0.2, 0.25) is 0 Å². The van der Waals surface area contributed by atoms with Crippen LogP contribution in [-0.4, -0.2) is 22.6 Å². The van der Waals surface area contributed by atoms with Crippen molar-refractivity contribution in [1.82, 2.24) is 4.40 Å². The number of nitriles is 3. The molecule has 0 saturated carbocycles. The van der Waals surface area contributed by atoms with Crippen molar-refractivity contribution in [2.24, 2.45) is 0 Å². The molecule has 39 heavy (non-hydrogen) atoms. The Labute approximate surface area is 228 Å². The van der Waals surface area contributed by atoms with Crippen LogP contribution < -0.4 is 0 Å². The third kappa shape index (κ3) is 5.19. The molecular weight excluding hydrogens is 488 g/mol. The monoisotopic (exact) mass is 516 g/mol. The number of ether oxygens (including phenoxy) is 2. The van der Waals surface area contributed by atoms with Crippen LogP contribution in [0.1, 0.15) is 44.0 Å². The Hall–Kier alpha value is -5.06. The molecule has 3 heterocycles. The second-order valence-electron chi connectivity index (χ2n) is 9.62. The van der Waals surface area contributed by atoms with Crippen molar-refractivity contribution in [3.63, 3.8) is 0 Å². The number of fused-ring (bicyclic) bond motifs is 1. The fourth-order valence-electron chi connectivity index (χ4n) is 4.89. The van der Waals surface area contributed by atoms with Gasteiger partial charge in [0.2, 0.25) is 0 Å². The van der Waals surface area contributed by atoms with E-state index in [4.69, 9.17) is 9.47 Å². The molecule has 0 aliphatic carbocycles. The number of rotatable bonds is 7. The van der Waals surface area contributed by atoms with Crippen LogP contribution >= 0.6 is 0 Å². The van der Waals surface area contributed by atoms with Gasteiger partial charge in [0.25, 0.3) is 0 Å². The molecule has 1 aliphatic rings. The van der Waals surface area contributed by atoms with E-state index in [1.54, 1.807) is 20.8 Å². The van der Waals surface area contributed by atoms with Gasteiger partial charge in [-0.25, -0.2) is 0 Å². The second kappa shape index (κ2) is 11.1. The van der Waals surface area contributed by atoms with Gasteiger partial charge in [0.05, 0.1) is 12.3 Å². The van der Waals surface area contributed by atoms with Crippen molar-refractivity contribution in [2.75, 3.05) is 6.61 Å². The van der Waals surface area contributed by atoms with Crippen molar-refractivity contribution in [1.29, 1.82) is 15.8 Å². The Balaban J connectivity index is 1.80. The summed E-state index contributed by atoms with van der Waals surface area (Å²) in [6, 6.07) is 19.9. The molecule has 1 aliphatic heterocycles.